The summed E-state index contributed by atoms with van der Waals surface area (Å²) in [6.07, 6.45) is 2.67. The minimum Gasteiger partial charge on any atom is -0.355 e. The number of carbonyl (C=O) groups is 2. The van der Waals surface area contributed by atoms with E-state index in [4.69, 9.17) is 0 Å². The van der Waals surface area contributed by atoms with E-state index in [0.717, 1.165) is 12.4 Å². The van der Waals surface area contributed by atoms with E-state index in [0.29, 0.717) is 25.9 Å². The Morgan fingerprint density at radius 1 is 1.67 bits per heavy atom. The zero-order valence-corrected chi connectivity index (χ0v) is 10.3. The van der Waals surface area contributed by atoms with Crippen molar-refractivity contribution in [3.8, 4) is 0 Å². The molecule has 2 amide bonds. The van der Waals surface area contributed by atoms with Crippen molar-refractivity contribution < 1.29 is 9.59 Å². The number of carbonyl (C=O) groups excluding carboxylic acids is 2. The molecule has 2 rings (SSSR count). The van der Waals surface area contributed by atoms with E-state index in [2.05, 4.69) is 20.8 Å². The molecule has 2 N–H and O–H groups in total. The maximum atomic E-state index is 11.9. The van der Waals surface area contributed by atoms with Crippen LogP contribution in [0.5, 0.6) is 0 Å². The molecule has 1 aromatic rings. The van der Waals surface area contributed by atoms with Gasteiger partial charge in [-0.3, -0.25) is 9.59 Å². The molecule has 0 saturated carbocycles. The topological polar surface area (TPSA) is 88.9 Å². The Hall–Kier alpha value is -1.92. The number of hydrogen-bond donors (Lipinski definition) is 2. The van der Waals surface area contributed by atoms with Gasteiger partial charge in [0, 0.05) is 19.5 Å². The molecule has 7 heteroatoms. The molecule has 0 unspecified atom stereocenters. The Morgan fingerprint density at radius 3 is 3.17 bits per heavy atom. The van der Waals surface area contributed by atoms with Crippen LogP contribution in [0, 0.1) is 5.92 Å². The van der Waals surface area contributed by atoms with Crippen molar-refractivity contribution in [2.45, 2.75) is 32.9 Å². The molecule has 2 heterocycles. The summed E-state index contributed by atoms with van der Waals surface area (Å²) in [5, 5.41) is 13.3. The second kappa shape index (κ2) is 5.61. The fraction of sp³-hybridized carbons (Fsp3) is 0.636. The molecule has 98 valence electrons. The lowest BCUT2D eigenvalue weighted by molar-refractivity contribution is -0.129. The van der Waals surface area contributed by atoms with Crippen LogP contribution in [0.1, 0.15) is 25.6 Å². The summed E-state index contributed by atoms with van der Waals surface area (Å²) in [6, 6.07) is 0. The molecule has 1 atom stereocenters. The number of nitrogens with one attached hydrogen (secondary N) is 2. The summed E-state index contributed by atoms with van der Waals surface area (Å²) >= 11 is 0. The molecule has 0 spiro atoms. The van der Waals surface area contributed by atoms with Gasteiger partial charge in [-0.2, -0.15) is 0 Å². The lowest BCUT2D eigenvalue weighted by atomic mass is 9.98. The minimum absolute atomic E-state index is 0.0183. The number of amides is 2. The summed E-state index contributed by atoms with van der Waals surface area (Å²) < 4.78 is 1.88. The first-order valence-electron chi connectivity index (χ1n) is 6.11. The van der Waals surface area contributed by atoms with Crippen LogP contribution in [0.3, 0.4) is 0 Å². The maximum absolute atomic E-state index is 11.9. The maximum Gasteiger partial charge on any atom is 0.225 e. The van der Waals surface area contributed by atoms with Crippen molar-refractivity contribution in [3.63, 3.8) is 0 Å². The standard InChI is InChI=1S/C11H17N5O2/c1-2-16-7-14-15-9(16)6-13-11(18)8-3-4-10(17)12-5-8/h7-8H,2-6H2,1H3,(H,12,17)(H,13,18)/t8-/m0/s1. The van der Waals surface area contributed by atoms with Crippen LogP contribution < -0.4 is 10.6 Å². The van der Waals surface area contributed by atoms with Crippen LogP contribution in [0.25, 0.3) is 0 Å². The highest BCUT2D eigenvalue weighted by Crippen LogP contribution is 2.10. The summed E-state index contributed by atoms with van der Waals surface area (Å²) in [6.45, 7) is 3.56. The molecule has 1 aliphatic rings. The minimum atomic E-state index is -0.138. The number of hydrogen-bond acceptors (Lipinski definition) is 4. The van der Waals surface area contributed by atoms with Gasteiger partial charge < -0.3 is 15.2 Å². The van der Waals surface area contributed by atoms with Crippen LogP contribution in [0.15, 0.2) is 6.33 Å². The first-order valence-corrected chi connectivity index (χ1v) is 6.11. The molecule has 0 aliphatic carbocycles. The van der Waals surface area contributed by atoms with Gasteiger partial charge >= 0.3 is 0 Å². The van der Waals surface area contributed by atoms with Gasteiger partial charge in [-0.05, 0) is 13.3 Å². The predicted octanol–water partition coefficient (Wildman–Crippen LogP) is -0.560. The molecule has 0 bridgehead atoms. The lowest BCUT2D eigenvalue weighted by Gasteiger charge is -2.21. The third-order valence-electron chi connectivity index (χ3n) is 3.09. The highest BCUT2D eigenvalue weighted by Gasteiger charge is 2.24. The van der Waals surface area contributed by atoms with Gasteiger partial charge in [0.15, 0.2) is 5.82 Å². The van der Waals surface area contributed by atoms with Crippen LogP contribution in [0.2, 0.25) is 0 Å². The normalized spacial score (nSPS) is 19.4. The number of aryl methyl sites for hydroxylation is 1. The van der Waals surface area contributed by atoms with Crippen LogP contribution in [-0.2, 0) is 22.7 Å². The molecule has 0 radical (unpaired) electrons. The largest absolute Gasteiger partial charge is 0.355 e. The number of aromatic nitrogens is 3. The predicted molar refractivity (Wildman–Crippen MR) is 63.3 cm³/mol. The first-order chi connectivity index (χ1) is 8.70. The molecule has 1 fully saturated rings. The van der Waals surface area contributed by atoms with E-state index >= 15 is 0 Å². The summed E-state index contributed by atoms with van der Waals surface area (Å²) in [4.78, 5) is 22.9. The smallest absolute Gasteiger partial charge is 0.225 e. The third-order valence-corrected chi connectivity index (χ3v) is 3.09. The van der Waals surface area contributed by atoms with E-state index in [9.17, 15) is 9.59 Å². The molecular formula is C11H17N5O2. The summed E-state index contributed by atoms with van der Waals surface area (Å²) in [5.74, 6) is 0.580. The van der Waals surface area contributed by atoms with Gasteiger partial charge in [-0.1, -0.05) is 0 Å². The summed E-state index contributed by atoms with van der Waals surface area (Å²) in [5.41, 5.74) is 0. The second-order valence-corrected chi connectivity index (χ2v) is 4.29. The van der Waals surface area contributed by atoms with E-state index in [1.54, 1.807) is 6.33 Å². The Labute approximate surface area is 105 Å². The number of piperidine rings is 1. The average Bonchev–Trinajstić information content (AvgIpc) is 2.84. The lowest BCUT2D eigenvalue weighted by Crippen LogP contribution is -2.42. The van der Waals surface area contributed by atoms with E-state index in [1.165, 1.54) is 0 Å². The fourth-order valence-electron chi connectivity index (χ4n) is 1.95. The zero-order valence-electron chi connectivity index (χ0n) is 10.3. The van der Waals surface area contributed by atoms with Gasteiger partial charge in [0.25, 0.3) is 0 Å². The molecule has 18 heavy (non-hydrogen) atoms. The monoisotopic (exact) mass is 251 g/mol. The van der Waals surface area contributed by atoms with Crippen molar-refractivity contribution in [2.24, 2.45) is 5.92 Å². The van der Waals surface area contributed by atoms with Crippen molar-refractivity contribution >= 4 is 11.8 Å². The molecule has 1 aromatic heterocycles. The Kier molecular flexibility index (Phi) is 3.91. The number of nitrogens with zero attached hydrogens (tertiary/aromatic N) is 3. The molecule has 0 aromatic carbocycles. The highest BCUT2D eigenvalue weighted by atomic mass is 16.2. The fourth-order valence-corrected chi connectivity index (χ4v) is 1.95. The molecule has 1 aliphatic heterocycles. The average molecular weight is 251 g/mol. The van der Waals surface area contributed by atoms with Gasteiger partial charge in [-0.25, -0.2) is 0 Å². The molecular weight excluding hydrogens is 234 g/mol. The Balaban J connectivity index is 1.83. The molecule has 1 saturated heterocycles. The first kappa shape index (κ1) is 12.5. The van der Waals surface area contributed by atoms with Crippen LogP contribution in [-0.4, -0.2) is 33.1 Å². The molecule has 7 nitrogen and oxygen atoms in total. The van der Waals surface area contributed by atoms with Crippen molar-refractivity contribution in [2.75, 3.05) is 6.54 Å². The van der Waals surface area contributed by atoms with E-state index < -0.39 is 0 Å². The SMILES string of the molecule is CCn1cnnc1CNC(=O)[C@H]1CCC(=O)NC1. The van der Waals surface area contributed by atoms with Gasteiger partial charge in [-0.15, -0.1) is 10.2 Å². The Morgan fingerprint density at radius 2 is 2.50 bits per heavy atom. The van der Waals surface area contributed by atoms with Gasteiger partial charge in [0.2, 0.25) is 11.8 Å². The quantitative estimate of drug-likeness (QED) is 0.750. The van der Waals surface area contributed by atoms with Crippen LogP contribution in [0.4, 0.5) is 0 Å². The summed E-state index contributed by atoms with van der Waals surface area (Å²) in [7, 11) is 0. The highest BCUT2D eigenvalue weighted by molar-refractivity contribution is 5.83. The Bertz CT molecular complexity index is 432. The number of rotatable bonds is 4. The van der Waals surface area contributed by atoms with E-state index in [1.807, 2.05) is 11.5 Å². The zero-order chi connectivity index (χ0) is 13.0. The van der Waals surface area contributed by atoms with Gasteiger partial charge in [0.1, 0.15) is 6.33 Å². The van der Waals surface area contributed by atoms with Crippen molar-refractivity contribution in [1.82, 2.24) is 25.4 Å². The second-order valence-electron chi connectivity index (χ2n) is 4.29. The van der Waals surface area contributed by atoms with Crippen LogP contribution >= 0.6 is 0 Å². The van der Waals surface area contributed by atoms with Crippen molar-refractivity contribution in [1.29, 1.82) is 0 Å². The van der Waals surface area contributed by atoms with Crippen molar-refractivity contribution in [3.05, 3.63) is 12.2 Å². The van der Waals surface area contributed by atoms with E-state index in [-0.39, 0.29) is 17.7 Å². The van der Waals surface area contributed by atoms with Gasteiger partial charge in [0.05, 0.1) is 12.5 Å². The third kappa shape index (κ3) is 2.85.